The van der Waals surface area contributed by atoms with E-state index >= 15 is 0 Å². The summed E-state index contributed by atoms with van der Waals surface area (Å²) in [5, 5.41) is 0.447. The van der Waals surface area contributed by atoms with Crippen LogP contribution >= 0.6 is 22.9 Å². The Morgan fingerprint density at radius 2 is 1.82 bits per heavy atom. The van der Waals surface area contributed by atoms with Crippen molar-refractivity contribution in [1.29, 1.82) is 0 Å². The van der Waals surface area contributed by atoms with Gasteiger partial charge in [-0.15, -0.1) is 0 Å². The lowest BCUT2D eigenvalue weighted by Gasteiger charge is -2.26. The van der Waals surface area contributed by atoms with Gasteiger partial charge in [0, 0.05) is 5.56 Å². The fraction of sp³-hybridized carbons (Fsp3) is 0.219. The molecule has 0 fully saturated rings. The fourth-order valence-electron chi connectivity index (χ4n) is 4.74. The van der Waals surface area contributed by atoms with Gasteiger partial charge >= 0.3 is 5.97 Å². The topological polar surface area (TPSA) is 69.9 Å². The van der Waals surface area contributed by atoms with E-state index in [-0.39, 0.29) is 12.2 Å². The van der Waals surface area contributed by atoms with Crippen LogP contribution in [0.3, 0.4) is 0 Å². The van der Waals surface area contributed by atoms with Crippen molar-refractivity contribution in [1.82, 2.24) is 4.57 Å². The Hall–Kier alpha value is -3.94. The van der Waals surface area contributed by atoms with Gasteiger partial charge in [-0.05, 0) is 47.7 Å². The molecule has 0 N–H and O–H groups in total. The molecule has 1 atom stereocenters. The van der Waals surface area contributed by atoms with Crippen molar-refractivity contribution in [3.63, 3.8) is 0 Å². The van der Waals surface area contributed by atoms with E-state index in [1.54, 1.807) is 36.8 Å². The van der Waals surface area contributed by atoms with E-state index in [0.29, 0.717) is 37.3 Å². The van der Waals surface area contributed by atoms with Crippen LogP contribution in [0.4, 0.5) is 0 Å². The second kappa shape index (κ2) is 11.7. The smallest absolute Gasteiger partial charge is 0.338 e. The van der Waals surface area contributed by atoms with E-state index in [1.807, 2.05) is 60.7 Å². The first-order valence-electron chi connectivity index (χ1n) is 13.0. The van der Waals surface area contributed by atoms with E-state index in [0.717, 1.165) is 22.3 Å². The molecule has 1 aliphatic heterocycles. The normalized spacial score (nSPS) is 15.2. The van der Waals surface area contributed by atoms with Gasteiger partial charge in [-0.2, -0.15) is 0 Å². The van der Waals surface area contributed by atoms with Crippen LogP contribution in [0.25, 0.3) is 11.8 Å². The number of rotatable bonds is 7. The van der Waals surface area contributed by atoms with Crippen LogP contribution in [-0.4, -0.2) is 24.3 Å². The van der Waals surface area contributed by atoms with Crippen LogP contribution in [0.15, 0.2) is 88.2 Å². The van der Waals surface area contributed by atoms with Gasteiger partial charge in [0.15, 0.2) is 4.80 Å². The lowest BCUT2D eigenvalue weighted by Crippen LogP contribution is -2.40. The van der Waals surface area contributed by atoms with Crippen molar-refractivity contribution >= 4 is 40.7 Å². The summed E-state index contributed by atoms with van der Waals surface area (Å²) < 4.78 is 12.9. The molecule has 0 saturated heterocycles. The molecular formula is C32H29ClN2O4S. The summed E-state index contributed by atoms with van der Waals surface area (Å²) in [5.74, 6) is 0.392. The molecule has 0 saturated carbocycles. The number of fused-ring (bicyclic) bond motifs is 1. The van der Waals surface area contributed by atoms with Gasteiger partial charge < -0.3 is 9.47 Å². The average Bonchev–Trinajstić information content (AvgIpc) is 3.27. The lowest BCUT2D eigenvalue weighted by molar-refractivity contribution is -0.138. The quantitative estimate of drug-likeness (QED) is 0.266. The number of benzene rings is 3. The molecule has 2 heterocycles. The first kappa shape index (κ1) is 27.6. The number of methoxy groups -OCH3 is 1. The molecule has 0 bridgehead atoms. The number of thiazole rings is 1. The molecule has 4 aromatic rings. The minimum absolute atomic E-state index is 0.200. The van der Waals surface area contributed by atoms with Crippen LogP contribution in [0, 0.1) is 0 Å². The van der Waals surface area contributed by atoms with Crippen molar-refractivity contribution in [2.75, 3.05) is 13.7 Å². The first-order chi connectivity index (χ1) is 19.3. The number of ether oxygens (including phenoxy) is 2. The van der Waals surface area contributed by atoms with Crippen molar-refractivity contribution in [2.45, 2.75) is 32.7 Å². The molecule has 0 aliphatic carbocycles. The number of carbonyl (C=O) groups excluding carboxylic acids is 1. The number of carbonyl (C=O) groups is 1. The fourth-order valence-corrected chi connectivity index (χ4v) is 6.01. The second-order valence-corrected chi connectivity index (χ2v) is 11.1. The van der Waals surface area contributed by atoms with E-state index < -0.39 is 12.0 Å². The maximum absolute atomic E-state index is 14.0. The highest BCUT2D eigenvalue weighted by Crippen LogP contribution is 2.35. The predicted molar refractivity (Wildman–Crippen MR) is 160 cm³/mol. The molecular weight excluding hydrogens is 544 g/mol. The van der Waals surface area contributed by atoms with Gasteiger partial charge in [-0.1, -0.05) is 97.4 Å². The monoisotopic (exact) mass is 572 g/mol. The van der Waals surface area contributed by atoms with Crippen molar-refractivity contribution < 1.29 is 14.3 Å². The average molecular weight is 573 g/mol. The van der Waals surface area contributed by atoms with Crippen LogP contribution in [0.5, 0.6) is 5.75 Å². The van der Waals surface area contributed by atoms with Crippen molar-refractivity contribution in [3.8, 4) is 5.75 Å². The molecule has 1 aliphatic rings. The molecule has 6 nitrogen and oxygen atoms in total. The third-order valence-corrected chi connectivity index (χ3v) is 8.04. The van der Waals surface area contributed by atoms with Gasteiger partial charge in [0.1, 0.15) is 5.75 Å². The van der Waals surface area contributed by atoms with Crippen LogP contribution < -0.4 is 19.6 Å². The Balaban J connectivity index is 1.79. The Morgan fingerprint density at radius 1 is 1.10 bits per heavy atom. The van der Waals surface area contributed by atoms with Gasteiger partial charge in [-0.3, -0.25) is 9.36 Å². The summed E-state index contributed by atoms with van der Waals surface area (Å²) in [6.07, 6.45) is 1.78. The van der Waals surface area contributed by atoms with Gasteiger partial charge in [0.05, 0.1) is 40.6 Å². The Bertz CT molecular complexity index is 1770. The molecule has 0 radical (unpaired) electrons. The summed E-state index contributed by atoms with van der Waals surface area (Å²) in [4.78, 5) is 33.0. The van der Waals surface area contributed by atoms with Gasteiger partial charge in [0.25, 0.3) is 5.56 Å². The van der Waals surface area contributed by atoms with Crippen LogP contribution in [0.2, 0.25) is 5.02 Å². The molecule has 5 rings (SSSR count). The number of hydrogen-bond acceptors (Lipinski definition) is 6. The van der Waals surface area contributed by atoms with Gasteiger partial charge in [-0.25, -0.2) is 9.79 Å². The highest BCUT2D eigenvalue weighted by atomic mass is 35.5. The zero-order valence-electron chi connectivity index (χ0n) is 22.7. The van der Waals surface area contributed by atoms with Crippen molar-refractivity contribution in [2.24, 2.45) is 4.99 Å². The summed E-state index contributed by atoms with van der Waals surface area (Å²) in [5.41, 5.74) is 4.07. The lowest BCUT2D eigenvalue weighted by atomic mass is 9.91. The first-order valence-corrected chi connectivity index (χ1v) is 14.2. The number of aromatic nitrogens is 1. The Labute approximate surface area is 241 Å². The SMILES string of the molecule is CCOC(=O)C1=C(c2ccccc2)N=c2s/c(=C/c3ccc(OC)c(Cl)c3)c(=O)n2[C@@H]1c1ccc(C(C)C)cc1. The van der Waals surface area contributed by atoms with E-state index in [9.17, 15) is 9.59 Å². The number of hydrogen-bond donors (Lipinski definition) is 0. The Morgan fingerprint density at radius 3 is 2.45 bits per heavy atom. The van der Waals surface area contributed by atoms with Crippen molar-refractivity contribution in [3.05, 3.63) is 125 Å². The summed E-state index contributed by atoms with van der Waals surface area (Å²) in [6.45, 7) is 6.22. The second-order valence-electron chi connectivity index (χ2n) is 9.65. The predicted octanol–water partition coefficient (Wildman–Crippen LogP) is 5.72. The maximum Gasteiger partial charge on any atom is 0.338 e. The zero-order valence-corrected chi connectivity index (χ0v) is 24.3. The summed E-state index contributed by atoms with van der Waals surface area (Å²) in [6, 6.07) is 22.2. The third kappa shape index (κ3) is 5.27. The zero-order chi connectivity index (χ0) is 28.4. The molecule has 204 valence electrons. The molecule has 0 spiro atoms. The number of halogens is 1. The van der Waals surface area contributed by atoms with Gasteiger partial charge in [0.2, 0.25) is 0 Å². The molecule has 0 amide bonds. The third-order valence-electron chi connectivity index (χ3n) is 6.77. The highest BCUT2D eigenvalue weighted by molar-refractivity contribution is 7.07. The number of esters is 1. The summed E-state index contributed by atoms with van der Waals surface area (Å²) in [7, 11) is 1.55. The minimum Gasteiger partial charge on any atom is -0.495 e. The number of nitrogens with zero attached hydrogens (tertiary/aromatic N) is 2. The largest absolute Gasteiger partial charge is 0.495 e. The molecule has 40 heavy (non-hydrogen) atoms. The molecule has 3 aromatic carbocycles. The standard InChI is InChI=1S/C32H29ClN2O4S/c1-5-39-31(37)27-28(22-9-7-6-8-10-22)34-32-35(29(27)23-14-12-21(13-15-23)19(2)3)30(36)26(40-32)18-20-11-16-25(38-4)24(33)17-20/h6-19,29H,5H2,1-4H3/b26-18+/t29-/m1/s1. The highest BCUT2D eigenvalue weighted by Gasteiger charge is 2.35. The van der Waals surface area contributed by atoms with Crippen LogP contribution in [-0.2, 0) is 9.53 Å². The van der Waals surface area contributed by atoms with Crippen LogP contribution in [0.1, 0.15) is 55.0 Å². The van der Waals surface area contributed by atoms with E-state index in [4.69, 9.17) is 26.1 Å². The maximum atomic E-state index is 14.0. The van der Waals surface area contributed by atoms with E-state index in [1.165, 1.54) is 11.3 Å². The summed E-state index contributed by atoms with van der Waals surface area (Å²) >= 11 is 7.62. The van der Waals surface area contributed by atoms with E-state index in [2.05, 4.69) is 13.8 Å². The molecule has 8 heteroatoms. The molecule has 1 aromatic heterocycles. The minimum atomic E-state index is -0.715. The Kier molecular flexibility index (Phi) is 8.05. The molecule has 0 unspecified atom stereocenters.